The van der Waals surface area contributed by atoms with Gasteiger partial charge in [-0.25, -0.2) is 0 Å². The molecule has 0 spiro atoms. The minimum absolute atomic E-state index is 0.0316. The minimum Gasteiger partial charge on any atom is -0.406 e. The van der Waals surface area contributed by atoms with Crippen molar-refractivity contribution in [2.75, 3.05) is 23.3 Å². The fourth-order valence-electron chi connectivity index (χ4n) is 4.58. The lowest BCUT2D eigenvalue weighted by Gasteiger charge is -2.31. The molecule has 218 valence electrons. The monoisotopic (exact) mass is 597 g/mol. The number of ketones is 1. The number of piperidine rings is 1. The number of aromatic nitrogens is 5. The molecule has 1 aromatic carbocycles. The third-order valence-electron chi connectivity index (χ3n) is 6.52. The maximum absolute atomic E-state index is 12.6. The van der Waals surface area contributed by atoms with Crippen LogP contribution in [0.1, 0.15) is 40.0 Å². The van der Waals surface area contributed by atoms with Crippen LogP contribution in [0.4, 0.5) is 24.8 Å². The van der Waals surface area contributed by atoms with Crippen molar-refractivity contribution >= 4 is 34.7 Å². The summed E-state index contributed by atoms with van der Waals surface area (Å²) in [7, 11) is 0. The molecule has 5 rings (SSSR count). The Morgan fingerprint density at radius 3 is 2.50 bits per heavy atom. The van der Waals surface area contributed by atoms with E-state index in [4.69, 9.17) is 0 Å². The Kier molecular flexibility index (Phi) is 9.00. The Balaban J connectivity index is 1.08. The van der Waals surface area contributed by atoms with Gasteiger partial charge < -0.3 is 15.0 Å². The Bertz CT molecular complexity index is 1510. The SMILES string of the molecule is O=C(Cc1cccc(OC(F)(F)F)c1)Cc1nnc(C2CCN(c3ccc(NC(=O)Cc4ccccn4)nn3)CC2)s1. The van der Waals surface area contributed by atoms with Gasteiger partial charge in [0.05, 0.1) is 12.8 Å². The van der Waals surface area contributed by atoms with Crippen molar-refractivity contribution in [3.05, 3.63) is 82.1 Å². The van der Waals surface area contributed by atoms with Gasteiger partial charge >= 0.3 is 6.36 Å². The van der Waals surface area contributed by atoms with Crippen molar-refractivity contribution in [2.24, 2.45) is 0 Å². The summed E-state index contributed by atoms with van der Waals surface area (Å²) in [5, 5.41) is 21.1. The predicted octanol–water partition coefficient (Wildman–Crippen LogP) is 4.54. The van der Waals surface area contributed by atoms with Crippen LogP contribution < -0.4 is 15.0 Å². The predicted molar refractivity (Wildman–Crippen MR) is 148 cm³/mol. The molecule has 1 aliphatic rings. The molecule has 10 nitrogen and oxygen atoms in total. The third-order valence-corrected chi connectivity index (χ3v) is 7.60. The molecule has 0 aliphatic carbocycles. The number of hydrogen-bond acceptors (Lipinski definition) is 10. The van der Waals surface area contributed by atoms with Gasteiger partial charge in [-0.2, -0.15) is 0 Å². The standard InChI is InChI=1S/C28H26F3N7O3S/c29-28(30,31)41-22-6-3-4-18(15-22)14-21(39)17-26-36-37-27(42-26)19-9-12-38(13-10-19)24-8-7-23(34-35-24)33-25(40)16-20-5-1-2-11-32-20/h1-8,11,15,19H,9-10,12-14,16-17H2,(H,33,34,40). The van der Waals surface area contributed by atoms with E-state index in [9.17, 15) is 22.8 Å². The van der Waals surface area contributed by atoms with Gasteiger partial charge in [0.25, 0.3) is 0 Å². The molecule has 1 fully saturated rings. The van der Waals surface area contributed by atoms with Crippen LogP contribution in [-0.4, -0.2) is 56.5 Å². The highest BCUT2D eigenvalue weighted by molar-refractivity contribution is 7.11. The van der Waals surface area contributed by atoms with Crippen LogP contribution in [0, 0.1) is 0 Å². The number of pyridine rings is 1. The van der Waals surface area contributed by atoms with Crippen molar-refractivity contribution in [1.82, 2.24) is 25.4 Å². The second kappa shape index (κ2) is 13.0. The highest BCUT2D eigenvalue weighted by atomic mass is 32.1. The molecule has 42 heavy (non-hydrogen) atoms. The van der Waals surface area contributed by atoms with Gasteiger partial charge in [0.15, 0.2) is 11.6 Å². The molecule has 0 saturated carbocycles. The Morgan fingerprint density at radius 1 is 0.952 bits per heavy atom. The maximum Gasteiger partial charge on any atom is 0.573 e. The molecule has 3 aromatic heterocycles. The number of anilines is 2. The van der Waals surface area contributed by atoms with Crippen molar-refractivity contribution < 1.29 is 27.5 Å². The van der Waals surface area contributed by atoms with Gasteiger partial charge in [0.1, 0.15) is 21.5 Å². The Morgan fingerprint density at radius 2 is 1.79 bits per heavy atom. The second-order valence-corrected chi connectivity index (χ2v) is 10.8. The average molecular weight is 598 g/mol. The van der Waals surface area contributed by atoms with Gasteiger partial charge in [-0.1, -0.05) is 18.2 Å². The lowest BCUT2D eigenvalue weighted by molar-refractivity contribution is -0.274. The van der Waals surface area contributed by atoms with Gasteiger partial charge in [-0.15, -0.1) is 44.9 Å². The van der Waals surface area contributed by atoms with Crippen molar-refractivity contribution in [3.8, 4) is 5.75 Å². The molecule has 1 N–H and O–H groups in total. The number of ether oxygens (including phenoxy) is 1. The Hall–Kier alpha value is -4.46. The molecule has 0 radical (unpaired) electrons. The van der Waals surface area contributed by atoms with E-state index >= 15 is 0 Å². The molecule has 1 aliphatic heterocycles. The first kappa shape index (κ1) is 29.0. The van der Waals surface area contributed by atoms with E-state index in [1.165, 1.54) is 29.5 Å². The summed E-state index contributed by atoms with van der Waals surface area (Å²) in [6.07, 6.45) is -1.35. The van der Waals surface area contributed by atoms with E-state index < -0.39 is 6.36 Å². The molecular weight excluding hydrogens is 571 g/mol. The molecule has 0 atom stereocenters. The summed E-state index contributed by atoms with van der Waals surface area (Å²) in [6, 6.07) is 14.3. The van der Waals surface area contributed by atoms with Crippen LogP contribution in [0.15, 0.2) is 60.8 Å². The number of Topliss-reactive ketones (excluding diaryl/α,β-unsaturated/α-hetero) is 1. The largest absolute Gasteiger partial charge is 0.573 e. The van der Waals surface area contributed by atoms with Gasteiger partial charge in [0.2, 0.25) is 5.91 Å². The summed E-state index contributed by atoms with van der Waals surface area (Å²) in [4.78, 5) is 31.1. The summed E-state index contributed by atoms with van der Waals surface area (Å²) in [5.41, 5.74) is 1.10. The van der Waals surface area contributed by atoms with Gasteiger partial charge in [-0.3, -0.25) is 14.6 Å². The first-order valence-electron chi connectivity index (χ1n) is 13.2. The number of carbonyl (C=O) groups is 2. The minimum atomic E-state index is -4.79. The van der Waals surface area contributed by atoms with Crippen LogP contribution >= 0.6 is 11.3 Å². The highest BCUT2D eigenvalue weighted by Crippen LogP contribution is 2.32. The number of amides is 1. The summed E-state index contributed by atoms with van der Waals surface area (Å²) < 4.78 is 41.3. The molecule has 1 amide bonds. The molecule has 4 heterocycles. The zero-order valence-electron chi connectivity index (χ0n) is 22.3. The molecule has 14 heteroatoms. The summed E-state index contributed by atoms with van der Waals surface area (Å²) in [6.45, 7) is 1.46. The van der Waals surface area contributed by atoms with E-state index in [-0.39, 0.29) is 42.6 Å². The number of hydrogen-bond donors (Lipinski definition) is 1. The summed E-state index contributed by atoms with van der Waals surface area (Å²) in [5.74, 6) is 0.517. The van der Waals surface area contributed by atoms with Crippen molar-refractivity contribution in [2.45, 2.75) is 44.4 Å². The number of nitrogens with one attached hydrogen (secondary N) is 1. The maximum atomic E-state index is 12.6. The summed E-state index contributed by atoms with van der Waals surface area (Å²) >= 11 is 1.39. The van der Waals surface area contributed by atoms with Crippen LogP contribution in [0.2, 0.25) is 0 Å². The van der Waals surface area contributed by atoms with E-state index in [2.05, 4.69) is 40.3 Å². The average Bonchev–Trinajstić information content (AvgIpc) is 3.41. The number of alkyl halides is 3. The number of carbonyl (C=O) groups excluding carboxylic acids is 2. The smallest absolute Gasteiger partial charge is 0.406 e. The van der Waals surface area contributed by atoms with Crippen molar-refractivity contribution in [3.63, 3.8) is 0 Å². The lowest BCUT2D eigenvalue weighted by Crippen LogP contribution is -2.33. The van der Waals surface area contributed by atoms with E-state index in [1.807, 2.05) is 12.1 Å². The van der Waals surface area contributed by atoms with E-state index in [0.717, 1.165) is 30.9 Å². The highest BCUT2D eigenvalue weighted by Gasteiger charge is 2.31. The molecule has 0 unspecified atom stereocenters. The zero-order valence-corrected chi connectivity index (χ0v) is 23.1. The fourth-order valence-corrected chi connectivity index (χ4v) is 5.62. The van der Waals surface area contributed by atoms with E-state index in [1.54, 1.807) is 30.5 Å². The van der Waals surface area contributed by atoms with E-state index in [0.29, 0.717) is 27.9 Å². The lowest BCUT2D eigenvalue weighted by atomic mass is 9.98. The van der Waals surface area contributed by atoms with Crippen molar-refractivity contribution in [1.29, 1.82) is 0 Å². The first-order valence-corrected chi connectivity index (χ1v) is 14.0. The first-order chi connectivity index (χ1) is 20.2. The normalized spacial score (nSPS) is 14.0. The number of nitrogens with zero attached hydrogens (tertiary/aromatic N) is 6. The van der Waals surface area contributed by atoms with Gasteiger partial charge in [0, 0.05) is 37.3 Å². The third kappa shape index (κ3) is 8.28. The molecular formula is C28H26F3N7O3S. The quantitative estimate of drug-likeness (QED) is 0.281. The van der Waals surface area contributed by atoms with Crippen LogP contribution in [0.5, 0.6) is 5.75 Å². The molecule has 0 bridgehead atoms. The number of halogens is 3. The van der Waals surface area contributed by atoms with Crippen LogP contribution in [0.3, 0.4) is 0 Å². The number of rotatable bonds is 10. The fraction of sp³-hybridized carbons (Fsp3) is 0.321. The molecule has 1 saturated heterocycles. The topological polar surface area (TPSA) is 123 Å². The van der Waals surface area contributed by atoms with Gasteiger partial charge in [-0.05, 0) is 54.8 Å². The number of benzene rings is 1. The van der Waals surface area contributed by atoms with Crippen LogP contribution in [0.25, 0.3) is 0 Å². The second-order valence-electron chi connectivity index (χ2n) is 9.71. The molecule has 4 aromatic rings. The van der Waals surface area contributed by atoms with Crippen LogP contribution in [-0.2, 0) is 28.9 Å². The zero-order chi connectivity index (χ0) is 29.5. The Labute approximate surface area is 243 Å².